The third-order valence-corrected chi connectivity index (χ3v) is 4.45. The van der Waals surface area contributed by atoms with Gasteiger partial charge in [0.15, 0.2) is 0 Å². The molecule has 0 atom stereocenters. The van der Waals surface area contributed by atoms with E-state index in [-0.39, 0.29) is 0 Å². The second-order valence-electron chi connectivity index (χ2n) is 4.87. The van der Waals surface area contributed by atoms with Gasteiger partial charge in [0.25, 0.3) is 0 Å². The number of benzene rings is 1. The van der Waals surface area contributed by atoms with E-state index < -0.39 is 5.60 Å². The summed E-state index contributed by atoms with van der Waals surface area (Å²) in [6, 6.07) is 3.89. The largest absolute Gasteiger partial charge is 0.388 e. The molecule has 1 saturated carbocycles. The molecule has 0 unspecified atom stereocenters. The summed E-state index contributed by atoms with van der Waals surface area (Å²) in [4.78, 5) is 0. The zero-order valence-corrected chi connectivity index (χ0v) is 12.2. The Balaban J connectivity index is 2.06. The first-order valence-corrected chi connectivity index (χ1v) is 7.09. The van der Waals surface area contributed by atoms with Crippen LogP contribution >= 0.6 is 27.5 Å². The van der Waals surface area contributed by atoms with Crippen molar-refractivity contribution in [3.63, 3.8) is 0 Å². The van der Waals surface area contributed by atoms with Crippen LogP contribution in [0.3, 0.4) is 0 Å². The van der Waals surface area contributed by atoms with Crippen LogP contribution < -0.4 is 5.32 Å². The molecule has 1 fully saturated rings. The molecule has 0 aromatic heterocycles. The molecule has 2 rings (SSSR count). The van der Waals surface area contributed by atoms with Crippen molar-refractivity contribution in [2.24, 2.45) is 0 Å². The molecule has 1 aromatic rings. The first-order valence-electron chi connectivity index (χ1n) is 5.92. The van der Waals surface area contributed by atoms with Gasteiger partial charge in [0.05, 0.1) is 11.3 Å². The van der Waals surface area contributed by atoms with E-state index in [0.717, 1.165) is 46.4 Å². The van der Waals surface area contributed by atoms with Crippen LogP contribution in [0.15, 0.2) is 16.6 Å². The van der Waals surface area contributed by atoms with Gasteiger partial charge in [-0.1, -0.05) is 24.4 Å². The number of hydrogen-bond donors (Lipinski definition) is 2. The maximum atomic E-state index is 10.3. The van der Waals surface area contributed by atoms with Crippen LogP contribution in [0.25, 0.3) is 0 Å². The minimum atomic E-state index is -0.545. The van der Waals surface area contributed by atoms with Crippen LogP contribution in [0.2, 0.25) is 5.02 Å². The van der Waals surface area contributed by atoms with Gasteiger partial charge in [0.1, 0.15) is 0 Å². The zero-order chi connectivity index (χ0) is 12.5. The van der Waals surface area contributed by atoms with Gasteiger partial charge in [0, 0.05) is 16.0 Å². The maximum absolute atomic E-state index is 10.3. The van der Waals surface area contributed by atoms with Crippen molar-refractivity contribution in [3.8, 4) is 0 Å². The van der Waals surface area contributed by atoms with Gasteiger partial charge in [-0.15, -0.1) is 0 Å². The van der Waals surface area contributed by atoms with Gasteiger partial charge in [-0.3, -0.25) is 0 Å². The lowest BCUT2D eigenvalue weighted by Gasteiger charge is -2.23. The van der Waals surface area contributed by atoms with Gasteiger partial charge in [-0.2, -0.15) is 0 Å². The summed E-state index contributed by atoms with van der Waals surface area (Å²) in [7, 11) is 0. The number of hydrogen-bond acceptors (Lipinski definition) is 2. The summed E-state index contributed by atoms with van der Waals surface area (Å²) >= 11 is 9.60. The Morgan fingerprint density at radius 1 is 1.41 bits per heavy atom. The molecule has 0 amide bonds. The zero-order valence-electron chi connectivity index (χ0n) is 9.89. The molecule has 0 radical (unpaired) electrons. The van der Waals surface area contributed by atoms with E-state index >= 15 is 0 Å². The highest BCUT2D eigenvalue weighted by Crippen LogP contribution is 2.32. The monoisotopic (exact) mass is 317 g/mol. The molecule has 1 aliphatic carbocycles. The lowest BCUT2D eigenvalue weighted by molar-refractivity contribution is 0.0614. The van der Waals surface area contributed by atoms with Gasteiger partial charge in [-0.25, -0.2) is 0 Å². The molecule has 17 heavy (non-hydrogen) atoms. The smallest absolute Gasteiger partial charge is 0.0819 e. The highest BCUT2D eigenvalue weighted by Gasteiger charge is 2.30. The Kier molecular flexibility index (Phi) is 4.01. The molecule has 1 aliphatic rings. The maximum Gasteiger partial charge on any atom is 0.0819 e. The van der Waals surface area contributed by atoms with Crippen LogP contribution in [0.4, 0.5) is 5.69 Å². The molecule has 0 heterocycles. The van der Waals surface area contributed by atoms with Crippen molar-refractivity contribution in [2.45, 2.75) is 38.2 Å². The molecule has 4 heteroatoms. The number of rotatable bonds is 3. The number of halogens is 2. The molecule has 0 saturated heterocycles. The summed E-state index contributed by atoms with van der Waals surface area (Å²) < 4.78 is 0.987. The quantitative estimate of drug-likeness (QED) is 0.878. The summed E-state index contributed by atoms with van der Waals surface area (Å²) in [5, 5.41) is 14.3. The van der Waals surface area contributed by atoms with Crippen LogP contribution in [0, 0.1) is 6.92 Å². The first kappa shape index (κ1) is 13.2. The van der Waals surface area contributed by atoms with Crippen LogP contribution in [0.5, 0.6) is 0 Å². The average molecular weight is 319 g/mol. The third-order valence-electron chi connectivity index (χ3n) is 3.39. The Morgan fingerprint density at radius 3 is 2.71 bits per heavy atom. The minimum absolute atomic E-state index is 0.545. The van der Waals surface area contributed by atoms with Crippen LogP contribution in [0.1, 0.15) is 31.2 Å². The summed E-state index contributed by atoms with van der Waals surface area (Å²) in [6.07, 6.45) is 4.01. The standard InChI is InChI=1S/C13H17BrClNO/c1-9-6-10(14)12(7-11(9)15)16-8-13(17)4-2-3-5-13/h6-7,16-17H,2-5,8H2,1H3. The van der Waals surface area contributed by atoms with E-state index in [1.54, 1.807) is 0 Å². The van der Waals surface area contributed by atoms with E-state index in [0.29, 0.717) is 6.54 Å². The highest BCUT2D eigenvalue weighted by molar-refractivity contribution is 9.10. The van der Waals surface area contributed by atoms with E-state index in [1.165, 1.54) is 0 Å². The van der Waals surface area contributed by atoms with Gasteiger partial charge >= 0.3 is 0 Å². The van der Waals surface area contributed by atoms with Gasteiger partial charge < -0.3 is 10.4 Å². The van der Waals surface area contributed by atoms with Crippen molar-refractivity contribution in [1.82, 2.24) is 0 Å². The second kappa shape index (κ2) is 5.17. The Bertz CT molecular complexity index is 416. The Hall–Kier alpha value is -0.250. The Labute approximate surface area is 115 Å². The van der Waals surface area contributed by atoms with Crippen molar-refractivity contribution >= 4 is 33.2 Å². The molecular weight excluding hydrogens is 302 g/mol. The lowest BCUT2D eigenvalue weighted by Crippen LogP contribution is -2.33. The predicted octanol–water partition coefficient (Wildman–Crippen LogP) is 4.13. The average Bonchev–Trinajstić information content (AvgIpc) is 2.69. The fraction of sp³-hybridized carbons (Fsp3) is 0.538. The van der Waals surface area contributed by atoms with E-state index in [4.69, 9.17) is 11.6 Å². The van der Waals surface area contributed by atoms with Crippen LogP contribution in [-0.2, 0) is 0 Å². The van der Waals surface area contributed by atoms with Crippen molar-refractivity contribution in [3.05, 3.63) is 27.2 Å². The van der Waals surface area contributed by atoms with Crippen molar-refractivity contribution in [2.75, 3.05) is 11.9 Å². The van der Waals surface area contributed by atoms with E-state index in [9.17, 15) is 5.11 Å². The SMILES string of the molecule is Cc1cc(Br)c(NCC2(O)CCCC2)cc1Cl. The predicted molar refractivity (Wildman–Crippen MR) is 75.8 cm³/mol. The van der Waals surface area contributed by atoms with E-state index in [2.05, 4.69) is 21.2 Å². The molecule has 0 bridgehead atoms. The first-order chi connectivity index (χ1) is 8.00. The fourth-order valence-electron chi connectivity index (χ4n) is 2.25. The summed E-state index contributed by atoms with van der Waals surface area (Å²) in [5.41, 5.74) is 1.45. The molecule has 0 aliphatic heterocycles. The number of aliphatic hydroxyl groups is 1. The number of aryl methyl sites for hydroxylation is 1. The summed E-state index contributed by atoms with van der Waals surface area (Å²) in [5.74, 6) is 0. The van der Waals surface area contributed by atoms with Gasteiger partial charge in [-0.05, 0) is 53.4 Å². The molecule has 2 nitrogen and oxygen atoms in total. The van der Waals surface area contributed by atoms with Crippen LogP contribution in [-0.4, -0.2) is 17.3 Å². The normalized spacial score (nSPS) is 18.4. The molecule has 2 N–H and O–H groups in total. The van der Waals surface area contributed by atoms with E-state index in [1.807, 2.05) is 19.1 Å². The minimum Gasteiger partial charge on any atom is -0.388 e. The molecule has 0 spiro atoms. The topological polar surface area (TPSA) is 32.3 Å². The lowest BCUT2D eigenvalue weighted by atomic mass is 10.0. The van der Waals surface area contributed by atoms with Crippen molar-refractivity contribution < 1.29 is 5.11 Å². The Morgan fingerprint density at radius 2 is 2.06 bits per heavy atom. The number of nitrogens with one attached hydrogen (secondary N) is 1. The molecule has 1 aromatic carbocycles. The third kappa shape index (κ3) is 3.15. The number of anilines is 1. The fourth-order valence-corrected chi connectivity index (χ4v) is 3.01. The molecule has 94 valence electrons. The second-order valence-corrected chi connectivity index (χ2v) is 6.13. The highest BCUT2D eigenvalue weighted by atomic mass is 79.9. The van der Waals surface area contributed by atoms with Crippen molar-refractivity contribution in [1.29, 1.82) is 0 Å². The van der Waals surface area contributed by atoms with Gasteiger partial charge in [0.2, 0.25) is 0 Å². The summed E-state index contributed by atoms with van der Waals surface area (Å²) in [6.45, 7) is 2.56. The molecular formula is C13H17BrClNO.